The molecule has 108 valence electrons. The fourth-order valence-electron chi connectivity index (χ4n) is 1.49. The number of aromatic nitrogens is 2. The van der Waals surface area contributed by atoms with Crippen LogP contribution in [0.25, 0.3) is 0 Å². The summed E-state index contributed by atoms with van der Waals surface area (Å²) >= 11 is 5.77. The molecule has 0 saturated heterocycles. The van der Waals surface area contributed by atoms with E-state index in [-0.39, 0.29) is 10.7 Å². The molecule has 1 aromatic heterocycles. The van der Waals surface area contributed by atoms with Gasteiger partial charge in [-0.25, -0.2) is 13.8 Å². The molecule has 9 heteroatoms. The van der Waals surface area contributed by atoms with Crippen LogP contribution in [0, 0.1) is 18.6 Å². The molecule has 0 spiro atoms. The van der Waals surface area contributed by atoms with Crippen LogP contribution in [0.1, 0.15) is 5.56 Å². The van der Waals surface area contributed by atoms with E-state index in [1.807, 2.05) is 4.72 Å². The predicted octanol–water partition coefficient (Wildman–Crippen LogP) is 2.46. The van der Waals surface area contributed by atoms with Crippen LogP contribution in [0.3, 0.4) is 0 Å². The normalized spacial score (nSPS) is 11.7. The molecule has 5 nitrogen and oxygen atoms in total. The largest absolute Gasteiger partial charge is 0.324 e. The lowest BCUT2D eigenvalue weighted by Crippen LogP contribution is -2.15. The van der Waals surface area contributed by atoms with Gasteiger partial charge in [-0.3, -0.25) is 4.72 Å². The number of aryl methyl sites for hydroxylation is 2. The van der Waals surface area contributed by atoms with Crippen LogP contribution in [-0.4, -0.2) is 18.0 Å². The third kappa shape index (κ3) is 2.61. The molecule has 0 atom stereocenters. The van der Waals surface area contributed by atoms with Crippen molar-refractivity contribution < 1.29 is 17.2 Å². The highest BCUT2D eigenvalue weighted by atomic mass is 35.5. The molecule has 0 fully saturated rings. The molecule has 0 aliphatic rings. The van der Waals surface area contributed by atoms with E-state index in [1.165, 1.54) is 24.9 Å². The van der Waals surface area contributed by atoms with E-state index in [9.17, 15) is 17.2 Å². The Hall–Kier alpha value is -1.67. The Morgan fingerprint density at radius 1 is 1.30 bits per heavy atom. The first kappa shape index (κ1) is 14.7. The molecule has 2 rings (SSSR count). The molecule has 0 aliphatic heterocycles. The fraction of sp³-hybridized carbons (Fsp3) is 0.182. The SMILES string of the molecule is Cc1cc(F)c(NS(=O)(=O)c2ncn(C)c2Cl)cc1F. The lowest BCUT2D eigenvalue weighted by molar-refractivity contribution is 0.589. The standard InChI is InChI=1S/C11H10ClF2N3O2S/c1-6-3-8(14)9(4-7(6)13)16-20(18,19)11-10(12)17(2)5-15-11/h3-5,16H,1-2H3. The Bertz CT molecular complexity index is 774. The maximum Gasteiger partial charge on any atom is 0.282 e. The summed E-state index contributed by atoms with van der Waals surface area (Å²) in [7, 11) is -2.70. The van der Waals surface area contributed by atoms with Gasteiger partial charge in [0, 0.05) is 13.1 Å². The van der Waals surface area contributed by atoms with Gasteiger partial charge >= 0.3 is 0 Å². The van der Waals surface area contributed by atoms with E-state index in [0.717, 1.165) is 12.1 Å². The van der Waals surface area contributed by atoms with Crippen LogP contribution in [-0.2, 0) is 17.1 Å². The van der Waals surface area contributed by atoms with Crippen LogP contribution in [0.4, 0.5) is 14.5 Å². The maximum atomic E-state index is 13.6. The number of rotatable bonds is 3. The molecular weight excluding hydrogens is 312 g/mol. The van der Waals surface area contributed by atoms with Gasteiger partial charge in [-0.05, 0) is 18.6 Å². The summed E-state index contributed by atoms with van der Waals surface area (Å²) in [5.74, 6) is -1.62. The van der Waals surface area contributed by atoms with Gasteiger partial charge in [0.05, 0.1) is 12.0 Å². The first-order valence-corrected chi connectivity index (χ1v) is 7.24. The summed E-state index contributed by atoms with van der Waals surface area (Å²) in [6.45, 7) is 1.37. The molecule has 20 heavy (non-hydrogen) atoms. The van der Waals surface area contributed by atoms with Crippen LogP contribution < -0.4 is 4.72 Å². The minimum atomic E-state index is -4.20. The number of hydrogen-bond donors (Lipinski definition) is 1. The zero-order valence-corrected chi connectivity index (χ0v) is 12.1. The lowest BCUT2D eigenvalue weighted by atomic mass is 10.2. The van der Waals surface area contributed by atoms with E-state index in [1.54, 1.807) is 0 Å². The highest BCUT2D eigenvalue weighted by Gasteiger charge is 2.24. The quantitative estimate of drug-likeness (QED) is 0.944. The van der Waals surface area contributed by atoms with Crippen LogP contribution in [0.15, 0.2) is 23.5 Å². The van der Waals surface area contributed by atoms with Crippen molar-refractivity contribution in [1.82, 2.24) is 9.55 Å². The van der Waals surface area contributed by atoms with Gasteiger partial charge in [0.1, 0.15) is 16.8 Å². The van der Waals surface area contributed by atoms with Gasteiger partial charge in [-0.2, -0.15) is 8.42 Å². The topological polar surface area (TPSA) is 64.0 Å². The monoisotopic (exact) mass is 321 g/mol. The molecule has 0 bridgehead atoms. The second kappa shape index (κ2) is 5.02. The second-order valence-corrected chi connectivity index (χ2v) is 6.09. The van der Waals surface area contributed by atoms with E-state index in [2.05, 4.69) is 4.98 Å². The molecule has 1 aromatic carbocycles. The van der Waals surface area contributed by atoms with Crippen molar-refractivity contribution in [2.24, 2.45) is 7.05 Å². The zero-order chi connectivity index (χ0) is 15.1. The zero-order valence-electron chi connectivity index (χ0n) is 10.5. The van der Waals surface area contributed by atoms with Crippen molar-refractivity contribution >= 4 is 27.3 Å². The number of benzene rings is 1. The van der Waals surface area contributed by atoms with Gasteiger partial charge < -0.3 is 4.57 Å². The minimum absolute atomic E-state index is 0.0707. The Morgan fingerprint density at radius 3 is 2.50 bits per heavy atom. The van der Waals surface area contributed by atoms with Crippen molar-refractivity contribution in [2.45, 2.75) is 11.9 Å². The lowest BCUT2D eigenvalue weighted by Gasteiger charge is -2.08. The molecule has 0 amide bonds. The summed E-state index contributed by atoms with van der Waals surface area (Å²) in [6, 6.07) is 1.66. The van der Waals surface area contributed by atoms with E-state index < -0.39 is 32.4 Å². The van der Waals surface area contributed by atoms with E-state index in [4.69, 9.17) is 11.6 Å². The first-order valence-electron chi connectivity index (χ1n) is 5.37. The van der Waals surface area contributed by atoms with Crippen molar-refractivity contribution in [3.05, 3.63) is 40.8 Å². The van der Waals surface area contributed by atoms with Gasteiger partial charge in [-0.1, -0.05) is 11.6 Å². The summed E-state index contributed by atoms with van der Waals surface area (Å²) in [4.78, 5) is 3.62. The van der Waals surface area contributed by atoms with Crippen molar-refractivity contribution in [3.8, 4) is 0 Å². The van der Waals surface area contributed by atoms with Crippen LogP contribution in [0.5, 0.6) is 0 Å². The average molecular weight is 322 g/mol. The molecule has 1 N–H and O–H groups in total. The fourth-order valence-corrected chi connectivity index (χ4v) is 2.98. The Balaban J connectivity index is 2.44. The molecule has 1 heterocycles. The molecule has 0 aliphatic carbocycles. The summed E-state index contributed by atoms with van der Waals surface area (Å²) < 4.78 is 54.3. The minimum Gasteiger partial charge on any atom is -0.324 e. The molecule has 2 aromatic rings. The number of nitrogens with zero attached hydrogens (tertiary/aromatic N) is 2. The number of halogens is 3. The third-order valence-electron chi connectivity index (χ3n) is 2.58. The predicted molar refractivity (Wildman–Crippen MR) is 70.1 cm³/mol. The summed E-state index contributed by atoms with van der Waals surface area (Å²) in [6.07, 6.45) is 1.20. The molecular formula is C11H10ClF2N3O2S. The van der Waals surface area contributed by atoms with Crippen molar-refractivity contribution in [2.75, 3.05) is 4.72 Å². The van der Waals surface area contributed by atoms with E-state index in [0.29, 0.717) is 0 Å². The molecule has 0 radical (unpaired) electrons. The molecule has 0 saturated carbocycles. The van der Waals surface area contributed by atoms with Gasteiger partial charge in [0.2, 0.25) is 5.03 Å². The third-order valence-corrected chi connectivity index (χ3v) is 4.44. The second-order valence-electron chi connectivity index (χ2n) is 4.14. The van der Waals surface area contributed by atoms with E-state index >= 15 is 0 Å². The average Bonchev–Trinajstić information content (AvgIpc) is 2.67. The smallest absolute Gasteiger partial charge is 0.282 e. The first-order chi connectivity index (χ1) is 9.22. The number of hydrogen-bond acceptors (Lipinski definition) is 3. The van der Waals surface area contributed by atoms with Gasteiger partial charge in [0.25, 0.3) is 10.0 Å². The number of anilines is 1. The van der Waals surface area contributed by atoms with Gasteiger partial charge in [0.15, 0.2) is 0 Å². The highest BCUT2D eigenvalue weighted by Crippen LogP contribution is 2.24. The summed E-state index contributed by atoms with van der Waals surface area (Å²) in [5, 5.41) is -0.590. The summed E-state index contributed by atoms with van der Waals surface area (Å²) in [5.41, 5.74) is -0.434. The van der Waals surface area contributed by atoms with Crippen LogP contribution in [0.2, 0.25) is 5.15 Å². The Morgan fingerprint density at radius 2 is 1.95 bits per heavy atom. The Labute approximate surface area is 119 Å². The number of imidazole rings is 1. The van der Waals surface area contributed by atoms with Crippen molar-refractivity contribution in [3.63, 3.8) is 0 Å². The number of sulfonamides is 1. The molecule has 0 unspecified atom stereocenters. The number of nitrogens with one attached hydrogen (secondary N) is 1. The maximum absolute atomic E-state index is 13.6. The Kier molecular flexibility index (Phi) is 3.70. The highest BCUT2D eigenvalue weighted by molar-refractivity contribution is 7.92. The van der Waals surface area contributed by atoms with Crippen LogP contribution >= 0.6 is 11.6 Å². The van der Waals surface area contributed by atoms with Crippen molar-refractivity contribution in [1.29, 1.82) is 0 Å². The van der Waals surface area contributed by atoms with Gasteiger partial charge in [-0.15, -0.1) is 0 Å².